The monoisotopic (exact) mass is 288 g/mol. The number of aromatic nitrogens is 2. The van der Waals surface area contributed by atoms with Gasteiger partial charge >= 0.3 is 0 Å². The third-order valence-electron chi connectivity index (χ3n) is 3.13. The first-order valence-electron chi connectivity index (χ1n) is 6.30. The molecule has 100 valence electrons. The molecular weight excluding hydrogens is 271 g/mol. The smallest absolute Gasteiger partial charge is 0.174 e. The summed E-state index contributed by atoms with van der Waals surface area (Å²) in [4.78, 5) is 2.51. The lowest BCUT2D eigenvalue weighted by Gasteiger charge is -2.21. The summed E-state index contributed by atoms with van der Waals surface area (Å²) >= 11 is 11.7. The standard InChI is InChI=1S/C12H18Cl2N4/c1-9(8-18-4-2-3-5-18)7-15-10-6-11(13)16-17-12(10)14/h6,9H,2-5,7-8H2,1H3,(H,15,16). The van der Waals surface area contributed by atoms with E-state index in [0.29, 0.717) is 16.2 Å². The van der Waals surface area contributed by atoms with E-state index in [-0.39, 0.29) is 0 Å². The Morgan fingerprint density at radius 2 is 2.06 bits per heavy atom. The summed E-state index contributed by atoms with van der Waals surface area (Å²) < 4.78 is 0. The molecule has 1 aromatic heterocycles. The molecule has 18 heavy (non-hydrogen) atoms. The van der Waals surface area contributed by atoms with Crippen LogP contribution in [-0.2, 0) is 0 Å². The van der Waals surface area contributed by atoms with Crippen molar-refractivity contribution in [1.29, 1.82) is 0 Å². The number of nitrogens with one attached hydrogen (secondary N) is 1. The van der Waals surface area contributed by atoms with Crippen LogP contribution < -0.4 is 5.32 Å². The van der Waals surface area contributed by atoms with E-state index in [2.05, 4.69) is 27.3 Å². The fraction of sp³-hybridized carbons (Fsp3) is 0.667. The van der Waals surface area contributed by atoms with Gasteiger partial charge in [-0.25, -0.2) is 0 Å². The molecule has 1 aliphatic rings. The summed E-state index contributed by atoms with van der Waals surface area (Å²) in [7, 11) is 0. The molecule has 4 nitrogen and oxygen atoms in total. The Hall–Kier alpha value is -0.580. The zero-order valence-electron chi connectivity index (χ0n) is 10.5. The molecule has 1 fully saturated rings. The first kappa shape index (κ1) is 13.8. The quantitative estimate of drug-likeness (QED) is 0.905. The van der Waals surface area contributed by atoms with Gasteiger partial charge in [-0.1, -0.05) is 30.1 Å². The highest BCUT2D eigenvalue weighted by Gasteiger charge is 2.14. The fourth-order valence-electron chi connectivity index (χ4n) is 2.23. The van der Waals surface area contributed by atoms with Gasteiger partial charge in [0, 0.05) is 19.2 Å². The number of rotatable bonds is 5. The van der Waals surface area contributed by atoms with Crippen molar-refractivity contribution in [2.75, 3.05) is 31.5 Å². The number of hydrogen-bond acceptors (Lipinski definition) is 4. The van der Waals surface area contributed by atoms with E-state index >= 15 is 0 Å². The van der Waals surface area contributed by atoms with Gasteiger partial charge in [0.2, 0.25) is 0 Å². The maximum absolute atomic E-state index is 5.94. The molecule has 1 saturated heterocycles. The van der Waals surface area contributed by atoms with Gasteiger partial charge < -0.3 is 10.2 Å². The van der Waals surface area contributed by atoms with Crippen LogP contribution in [0.15, 0.2) is 6.07 Å². The van der Waals surface area contributed by atoms with Crippen LogP contribution in [0.1, 0.15) is 19.8 Å². The van der Waals surface area contributed by atoms with Crippen molar-refractivity contribution in [3.8, 4) is 0 Å². The van der Waals surface area contributed by atoms with Crippen LogP contribution in [0.3, 0.4) is 0 Å². The second-order valence-corrected chi connectivity index (χ2v) is 5.61. The molecule has 0 aromatic carbocycles. The summed E-state index contributed by atoms with van der Waals surface area (Å²) in [5.41, 5.74) is 0.755. The van der Waals surface area contributed by atoms with Crippen molar-refractivity contribution < 1.29 is 0 Å². The molecule has 2 rings (SSSR count). The highest BCUT2D eigenvalue weighted by Crippen LogP contribution is 2.21. The molecular formula is C12H18Cl2N4. The SMILES string of the molecule is CC(CNc1cc(Cl)nnc1Cl)CN1CCCC1. The van der Waals surface area contributed by atoms with Crippen molar-refractivity contribution in [1.82, 2.24) is 15.1 Å². The third-order valence-corrected chi connectivity index (χ3v) is 3.59. The Morgan fingerprint density at radius 3 is 2.78 bits per heavy atom. The normalized spacial score (nSPS) is 17.9. The van der Waals surface area contributed by atoms with Gasteiger partial charge in [-0.2, -0.15) is 0 Å². The minimum absolute atomic E-state index is 0.356. The van der Waals surface area contributed by atoms with Gasteiger partial charge in [0.1, 0.15) is 0 Å². The molecule has 1 unspecified atom stereocenters. The first-order chi connectivity index (χ1) is 8.65. The number of likely N-dealkylation sites (tertiary alicyclic amines) is 1. The molecule has 0 radical (unpaired) electrons. The highest BCUT2D eigenvalue weighted by atomic mass is 35.5. The van der Waals surface area contributed by atoms with E-state index in [9.17, 15) is 0 Å². The van der Waals surface area contributed by atoms with Crippen molar-refractivity contribution in [3.63, 3.8) is 0 Å². The maximum Gasteiger partial charge on any atom is 0.174 e. The first-order valence-corrected chi connectivity index (χ1v) is 7.05. The summed E-state index contributed by atoms with van der Waals surface area (Å²) in [5.74, 6) is 0.561. The summed E-state index contributed by atoms with van der Waals surface area (Å²) in [5, 5.41) is 11.5. The predicted molar refractivity (Wildman–Crippen MR) is 75.4 cm³/mol. The molecule has 0 amide bonds. The van der Waals surface area contributed by atoms with Crippen LogP contribution in [-0.4, -0.2) is 41.3 Å². The molecule has 6 heteroatoms. The van der Waals surface area contributed by atoms with Gasteiger partial charge in [0.05, 0.1) is 5.69 Å². The van der Waals surface area contributed by atoms with Crippen LogP contribution in [0.4, 0.5) is 5.69 Å². The Kier molecular flexibility index (Phi) is 5.03. The molecule has 1 aliphatic heterocycles. The molecule has 2 heterocycles. The summed E-state index contributed by atoms with van der Waals surface area (Å²) in [6, 6.07) is 1.71. The van der Waals surface area contributed by atoms with Crippen LogP contribution in [0.2, 0.25) is 10.3 Å². The predicted octanol–water partition coefficient (Wildman–Crippen LogP) is 2.93. The second-order valence-electron chi connectivity index (χ2n) is 4.87. The zero-order chi connectivity index (χ0) is 13.0. The summed E-state index contributed by atoms with van der Waals surface area (Å²) in [6.07, 6.45) is 2.66. The van der Waals surface area contributed by atoms with Crippen molar-refractivity contribution in [2.24, 2.45) is 5.92 Å². The van der Waals surface area contributed by atoms with Gasteiger partial charge in [-0.15, -0.1) is 10.2 Å². The molecule has 1 aromatic rings. The van der Waals surface area contributed by atoms with Gasteiger partial charge in [0.25, 0.3) is 0 Å². The van der Waals surface area contributed by atoms with Crippen molar-refractivity contribution >= 4 is 28.9 Å². The van der Waals surface area contributed by atoms with Crippen molar-refractivity contribution in [2.45, 2.75) is 19.8 Å². The topological polar surface area (TPSA) is 41.1 Å². The van der Waals surface area contributed by atoms with Crippen LogP contribution >= 0.6 is 23.2 Å². The Balaban J connectivity index is 1.81. The van der Waals surface area contributed by atoms with E-state index in [1.54, 1.807) is 6.07 Å². The van der Waals surface area contributed by atoms with Crippen LogP contribution in [0.5, 0.6) is 0 Å². The van der Waals surface area contributed by atoms with Crippen LogP contribution in [0, 0.1) is 5.92 Å². The van der Waals surface area contributed by atoms with E-state index in [1.807, 2.05) is 0 Å². The number of hydrogen-bond donors (Lipinski definition) is 1. The average Bonchev–Trinajstić information content (AvgIpc) is 2.83. The van der Waals surface area contributed by atoms with Gasteiger partial charge in [-0.05, 0) is 31.8 Å². The third kappa shape index (κ3) is 3.97. The Bertz CT molecular complexity index is 394. The maximum atomic E-state index is 5.94. The largest absolute Gasteiger partial charge is 0.382 e. The van der Waals surface area contributed by atoms with Crippen LogP contribution in [0.25, 0.3) is 0 Å². The minimum Gasteiger partial charge on any atom is -0.382 e. The van der Waals surface area contributed by atoms with E-state index < -0.39 is 0 Å². The average molecular weight is 289 g/mol. The van der Waals surface area contributed by atoms with Crippen molar-refractivity contribution in [3.05, 3.63) is 16.4 Å². The lowest BCUT2D eigenvalue weighted by molar-refractivity contribution is 0.294. The van der Waals surface area contributed by atoms with E-state index in [1.165, 1.54) is 25.9 Å². The zero-order valence-corrected chi connectivity index (χ0v) is 12.0. The number of nitrogens with zero attached hydrogens (tertiary/aromatic N) is 3. The molecule has 1 N–H and O–H groups in total. The lowest BCUT2D eigenvalue weighted by atomic mass is 10.1. The Labute approximate surface area is 118 Å². The van der Waals surface area contributed by atoms with Gasteiger partial charge in [-0.3, -0.25) is 0 Å². The molecule has 0 spiro atoms. The van der Waals surface area contributed by atoms with E-state index in [4.69, 9.17) is 23.2 Å². The molecule has 1 atom stereocenters. The number of halogens is 2. The molecule has 0 aliphatic carbocycles. The van der Waals surface area contributed by atoms with Gasteiger partial charge in [0.15, 0.2) is 10.3 Å². The minimum atomic E-state index is 0.356. The highest BCUT2D eigenvalue weighted by molar-refractivity contribution is 6.33. The molecule has 0 bridgehead atoms. The van der Waals surface area contributed by atoms with E-state index in [0.717, 1.165) is 18.8 Å². The lowest BCUT2D eigenvalue weighted by Crippen LogP contribution is -2.28. The molecule has 0 saturated carbocycles. The number of anilines is 1. The Morgan fingerprint density at radius 1 is 1.33 bits per heavy atom. The second kappa shape index (κ2) is 6.55. The fourth-order valence-corrected chi connectivity index (χ4v) is 2.54. The summed E-state index contributed by atoms with van der Waals surface area (Å²) in [6.45, 7) is 6.67.